The Balaban J connectivity index is 0.000000861. The predicted octanol–water partition coefficient (Wildman–Crippen LogP) is 2.86. The lowest BCUT2D eigenvalue weighted by molar-refractivity contribution is -0.385. The Labute approximate surface area is 108 Å². The van der Waals surface area contributed by atoms with Gasteiger partial charge in [-0.15, -0.1) is 0 Å². The van der Waals surface area contributed by atoms with Crippen LogP contribution in [0.25, 0.3) is 0 Å². The summed E-state index contributed by atoms with van der Waals surface area (Å²) in [6.45, 7) is 0. The van der Waals surface area contributed by atoms with Crippen LogP contribution in [0.4, 0.5) is 5.69 Å². The van der Waals surface area contributed by atoms with Gasteiger partial charge in [-0.05, 0) is 6.07 Å². The fourth-order valence-electron chi connectivity index (χ4n) is 1.57. The van der Waals surface area contributed by atoms with E-state index in [-0.39, 0.29) is 17.0 Å². The second kappa shape index (κ2) is 6.61. The van der Waals surface area contributed by atoms with Crippen molar-refractivity contribution >= 4 is 11.5 Å². The summed E-state index contributed by atoms with van der Waals surface area (Å²) in [5.41, 5.74) is 0.395. The summed E-state index contributed by atoms with van der Waals surface area (Å²) in [5, 5.41) is 22.8. The zero-order chi connectivity index (χ0) is 14.3. The van der Waals surface area contributed by atoms with E-state index in [9.17, 15) is 14.9 Å². The number of nitro groups is 1. The van der Waals surface area contributed by atoms with Crippen LogP contribution in [0.15, 0.2) is 54.6 Å². The fraction of sp³-hybridized carbons (Fsp3) is 0. The minimum absolute atomic E-state index is 0.115. The Hall–Kier alpha value is -3.07. The second-order valence-electron chi connectivity index (χ2n) is 3.47. The maximum absolute atomic E-state index is 12.1. The van der Waals surface area contributed by atoms with Gasteiger partial charge in [0.25, 0.3) is 5.69 Å². The van der Waals surface area contributed by atoms with Gasteiger partial charge >= 0.3 is 0 Å². The van der Waals surface area contributed by atoms with Gasteiger partial charge in [0, 0.05) is 22.4 Å². The molecule has 0 aliphatic carbocycles. The molecule has 0 spiro atoms. The van der Waals surface area contributed by atoms with Crippen molar-refractivity contribution in [2.75, 3.05) is 0 Å². The Morgan fingerprint density at radius 2 is 1.47 bits per heavy atom. The molecule has 19 heavy (non-hydrogen) atoms. The SMILES string of the molecule is N#N.O=C(c1ccccc1)c1ccccc1[N+](=O)[O-]. The van der Waals surface area contributed by atoms with Gasteiger partial charge in [-0.1, -0.05) is 42.5 Å². The fourth-order valence-corrected chi connectivity index (χ4v) is 1.57. The molecule has 2 rings (SSSR count). The van der Waals surface area contributed by atoms with Crippen LogP contribution in [0.1, 0.15) is 15.9 Å². The molecule has 0 atom stereocenters. The van der Waals surface area contributed by atoms with E-state index in [0.717, 1.165) is 0 Å². The highest BCUT2D eigenvalue weighted by molar-refractivity contribution is 6.11. The van der Waals surface area contributed by atoms with Crippen molar-refractivity contribution in [2.45, 2.75) is 0 Å². The lowest BCUT2D eigenvalue weighted by atomic mass is 10.0. The lowest BCUT2D eigenvalue weighted by Crippen LogP contribution is -2.04. The number of nitrogens with zero attached hydrogens (tertiary/aromatic N) is 3. The van der Waals surface area contributed by atoms with Crippen molar-refractivity contribution in [3.8, 4) is 0 Å². The molecule has 2 aromatic carbocycles. The highest BCUT2D eigenvalue weighted by atomic mass is 16.6. The van der Waals surface area contributed by atoms with Crippen LogP contribution in [0.3, 0.4) is 0 Å². The molecule has 0 aliphatic rings. The van der Waals surface area contributed by atoms with Gasteiger partial charge in [-0.2, -0.15) is 0 Å². The molecule has 2 aromatic rings. The zero-order valence-electron chi connectivity index (χ0n) is 9.76. The van der Waals surface area contributed by atoms with Gasteiger partial charge in [-0.3, -0.25) is 14.9 Å². The minimum Gasteiger partial charge on any atom is -0.288 e. The van der Waals surface area contributed by atoms with Gasteiger partial charge in [0.2, 0.25) is 0 Å². The third kappa shape index (κ3) is 3.20. The molecular formula is C13H9N3O3. The van der Waals surface area contributed by atoms with Crippen LogP contribution in [0.5, 0.6) is 0 Å². The number of carbonyl (C=O) groups is 1. The third-order valence-corrected chi connectivity index (χ3v) is 2.38. The molecular weight excluding hydrogens is 246 g/mol. The first kappa shape index (κ1) is 14.0. The summed E-state index contributed by atoms with van der Waals surface area (Å²) in [6.07, 6.45) is 0. The van der Waals surface area contributed by atoms with E-state index >= 15 is 0 Å². The van der Waals surface area contributed by atoms with Crippen LogP contribution < -0.4 is 0 Å². The number of carbonyl (C=O) groups excluding carboxylic acids is 1. The number of hydrogen-bond acceptors (Lipinski definition) is 5. The summed E-state index contributed by atoms with van der Waals surface area (Å²) in [5.74, 6) is -0.335. The summed E-state index contributed by atoms with van der Waals surface area (Å²) >= 11 is 0. The third-order valence-electron chi connectivity index (χ3n) is 2.38. The first-order chi connectivity index (χ1) is 9.20. The van der Waals surface area contributed by atoms with Crippen LogP contribution in [0.2, 0.25) is 0 Å². The lowest BCUT2D eigenvalue weighted by Gasteiger charge is -2.01. The van der Waals surface area contributed by atoms with Crippen molar-refractivity contribution < 1.29 is 9.72 Å². The summed E-state index contributed by atoms with van der Waals surface area (Å²) in [4.78, 5) is 22.3. The minimum atomic E-state index is -0.545. The molecule has 0 saturated heterocycles. The van der Waals surface area contributed by atoms with Gasteiger partial charge in [-0.25, -0.2) is 0 Å². The summed E-state index contributed by atoms with van der Waals surface area (Å²) < 4.78 is 0. The van der Waals surface area contributed by atoms with Gasteiger partial charge in [0.15, 0.2) is 5.78 Å². The van der Waals surface area contributed by atoms with Gasteiger partial charge in [0.05, 0.1) is 4.92 Å². The molecule has 0 unspecified atom stereocenters. The molecule has 0 fully saturated rings. The van der Waals surface area contributed by atoms with Crippen LogP contribution in [0, 0.1) is 20.9 Å². The van der Waals surface area contributed by atoms with Crippen molar-refractivity contribution in [2.24, 2.45) is 0 Å². The number of nitro benzene ring substituents is 1. The number of benzene rings is 2. The smallest absolute Gasteiger partial charge is 0.280 e. The Bertz CT molecular complexity index is 609. The Morgan fingerprint density at radius 3 is 2.05 bits per heavy atom. The molecule has 0 bridgehead atoms. The second-order valence-corrected chi connectivity index (χ2v) is 3.47. The number of para-hydroxylation sites is 1. The molecule has 0 aromatic heterocycles. The van der Waals surface area contributed by atoms with Crippen molar-refractivity contribution in [1.82, 2.24) is 0 Å². The summed E-state index contributed by atoms with van der Waals surface area (Å²) in [7, 11) is 0. The van der Waals surface area contributed by atoms with Crippen LogP contribution in [-0.2, 0) is 0 Å². The molecule has 0 aliphatic heterocycles. The summed E-state index contributed by atoms with van der Waals surface area (Å²) in [6, 6.07) is 14.5. The highest BCUT2D eigenvalue weighted by Gasteiger charge is 2.19. The monoisotopic (exact) mass is 255 g/mol. The van der Waals surface area contributed by atoms with Crippen LogP contribution >= 0.6 is 0 Å². The topological polar surface area (TPSA) is 108 Å². The van der Waals surface area contributed by atoms with Gasteiger partial charge in [0.1, 0.15) is 5.56 Å². The maximum Gasteiger partial charge on any atom is 0.280 e. The van der Waals surface area contributed by atoms with Crippen LogP contribution in [-0.4, -0.2) is 10.7 Å². The standard InChI is InChI=1S/C13H9NO3.N2/c15-13(10-6-2-1-3-7-10)11-8-4-5-9-12(11)14(16)17;1-2/h1-9H;. The van der Waals surface area contributed by atoms with E-state index in [1.165, 1.54) is 12.1 Å². The molecule has 6 nitrogen and oxygen atoms in total. The largest absolute Gasteiger partial charge is 0.288 e. The van der Waals surface area contributed by atoms with E-state index < -0.39 is 4.92 Å². The van der Waals surface area contributed by atoms with E-state index in [1.54, 1.807) is 42.5 Å². The van der Waals surface area contributed by atoms with E-state index in [0.29, 0.717) is 5.56 Å². The first-order valence-electron chi connectivity index (χ1n) is 5.23. The molecule has 0 radical (unpaired) electrons. The molecule has 0 heterocycles. The van der Waals surface area contributed by atoms with E-state index in [1.807, 2.05) is 0 Å². The molecule has 94 valence electrons. The van der Waals surface area contributed by atoms with E-state index in [4.69, 9.17) is 10.8 Å². The van der Waals surface area contributed by atoms with E-state index in [2.05, 4.69) is 0 Å². The maximum atomic E-state index is 12.1. The molecule has 0 N–H and O–H groups in total. The normalized spacial score (nSPS) is 8.95. The Kier molecular flexibility index (Phi) is 4.87. The molecule has 6 heteroatoms. The molecule has 0 saturated carbocycles. The first-order valence-corrected chi connectivity index (χ1v) is 5.23. The average molecular weight is 255 g/mol. The quantitative estimate of drug-likeness (QED) is 0.362. The molecule has 0 amide bonds. The highest BCUT2D eigenvalue weighted by Crippen LogP contribution is 2.20. The Morgan fingerprint density at radius 1 is 0.947 bits per heavy atom. The van der Waals surface area contributed by atoms with Gasteiger partial charge < -0.3 is 0 Å². The predicted molar refractivity (Wildman–Crippen MR) is 66.4 cm³/mol. The van der Waals surface area contributed by atoms with Crippen molar-refractivity contribution in [3.63, 3.8) is 0 Å². The van der Waals surface area contributed by atoms with Crippen molar-refractivity contribution in [3.05, 3.63) is 75.8 Å². The number of hydrogen-bond donors (Lipinski definition) is 0. The zero-order valence-corrected chi connectivity index (χ0v) is 9.76. The van der Waals surface area contributed by atoms with Crippen molar-refractivity contribution in [1.29, 1.82) is 10.8 Å². The number of ketones is 1. The average Bonchev–Trinajstić information content (AvgIpc) is 2.49. The number of rotatable bonds is 3.